The Balaban J connectivity index is 1.55. The standard InChI is InChI=1S/C30H25F3N2O2/c1-37-29(36)19-18-28(35-34-27-9-5-8-26(20-27)30(31,32)33)25-16-14-24(15-17-25)23-12-10-22(11-13-23)21-6-3-2-4-7-21/h2-17,20,34H,18-19H2,1H3/b35-28+. The molecule has 0 saturated carbocycles. The second-order valence-corrected chi connectivity index (χ2v) is 8.35. The summed E-state index contributed by atoms with van der Waals surface area (Å²) in [4.78, 5) is 11.7. The van der Waals surface area contributed by atoms with Crippen molar-refractivity contribution in [3.8, 4) is 22.3 Å². The Bertz CT molecular complexity index is 1360. The highest BCUT2D eigenvalue weighted by molar-refractivity contribution is 6.02. The number of halogens is 3. The number of methoxy groups -OCH3 is 1. The van der Waals surface area contributed by atoms with Crippen molar-refractivity contribution < 1.29 is 22.7 Å². The fourth-order valence-corrected chi connectivity index (χ4v) is 3.83. The van der Waals surface area contributed by atoms with Gasteiger partial charge in [0.15, 0.2) is 0 Å². The zero-order valence-electron chi connectivity index (χ0n) is 20.1. The van der Waals surface area contributed by atoms with Gasteiger partial charge < -0.3 is 4.74 Å². The molecule has 0 amide bonds. The molecule has 188 valence electrons. The first-order valence-electron chi connectivity index (χ1n) is 11.7. The molecule has 0 aliphatic heterocycles. The Morgan fingerprint density at radius 3 is 1.89 bits per heavy atom. The fraction of sp³-hybridized carbons (Fsp3) is 0.133. The number of anilines is 1. The number of carbonyl (C=O) groups excluding carboxylic acids is 1. The molecule has 37 heavy (non-hydrogen) atoms. The summed E-state index contributed by atoms with van der Waals surface area (Å²) < 4.78 is 43.9. The van der Waals surface area contributed by atoms with E-state index in [0.29, 0.717) is 5.71 Å². The number of hydrogen-bond acceptors (Lipinski definition) is 4. The van der Waals surface area contributed by atoms with Crippen molar-refractivity contribution in [3.63, 3.8) is 0 Å². The van der Waals surface area contributed by atoms with Gasteiger partial charge in [-0.2, -0.15) is 18.3 Å². The van der Waals surface area contributed by atoms with Gasteiger partial charge in [-0.3, -0.25) is 10.2 Å². The number of nitrogens with one attached hydrogen (secondary N) is 1. The van der Waals surface area contributed by atoms with Crippen LogP contribution in [0.25, 0.3) is 22.3 Å². The van der Waals surface area contributed by atoms with E-state index >= 15 is 0 Å². The van der Waals surface area contributed by atoms with Crippen LogP contribution >= 0.6 is 0 Å². The van der Waals surface area contributed by atoms with Gasteiger partial charge in [-0.05, 0) is 46.0 Å². The van der Waals surface area contributed by atoms with E-state index in [1.54, 1.807) is 0 Å². The molecular formula is C30H25F3N2O2. The maximum absolute atomic E-state index is 13.1. The second kappa shape index (κ2) is 11.6. The van der Waals surface area contributed by atoms with Gasteiger partial charge in [0, 0.05) is 6.42 Å². The average molecular weight is 503 g/mol. The lowest BCUT2D eigenvalue weighted by molar-refractivity contribution is -0.140. The molecule has 0 bridgehead atoms. The summed E-state index contributed by atoms with van der Waals surface area (Å²) in [5, 5.41) is 4.33. The quantitative estimate of drug-likeness (QED) is 0.152. The van der Waals surface area contributed by atoms with Crippen molar-refractivity contribution in [1.82, 2.24) is 0 Å². The molecule has 4 aromatic carbocycles. The normalized spacial score (nSPS) is 11.7. The van der Waals surface area contributed by atoms with E-state index in [2.05, 4.69) is 46.9 Å². The van der Waals surface area contributed by atoms with Gasteiger partial charge in [-0.1, -0.05) is 84.9 Å². The Morgan fingerprint density at radius 1 is 0.757 bits per heavy atom. The van der Waals surface area contributed by atoms with E-state index in [4.69, 9.17) is 4.74 Å². The molecule has 7 heteroatoms. The van der Waals surface area contributed by atoms with Crippen molar-refractivity contribution >= 4 is 17.4 Å². The Hall–Kier alpha value is -4.39. The number of rotatable bonds is 8. The molecule has 0 heterocycles. The molecule has 0 atom stereocenters. The number of esters is 1. The van der Waals surface area contributed by atoms with Crippen molar-refractivity contribution in [1.29, 1.82) is 0 Å². The zero-order chi connectivity index (χ0) is 26.3. The number of alkyl halides is 3. The van der Waals surface area contributed by atoms with Crippen molar-refractivity contribution in [2.45, 2.75) is 19.0 Å². The van der Waals surface area contributed by atoms with Gasteiger partial charge in [0.05, 0.1) is 30.5 Å². The second-order valence-electron chi connectivity index (χ2n) is 8.35. The number of hydrogen-bond donors (Lipinski definition) is 1. The third-order valence-corrected chi connectivity index (χ3v) is 5.85. The molecule has 0 aliphatic carbocycles. The molecule has 0 spiro atoms. The summed E-state index contributed by atoms with van der Waals surface area (Å²) in [6.07, 6.45) is -4.11. The fourth-order valence-electron chi connectivity index (χ4n) is 3.83. The Kier molecular flexibility index (Phi) is 8.03. The molecule has 1 N–H and O–H groups in total. The van der Waals surface area contributed by atoms with E-state index in [9.17, 15) is 18.0 Å². The molecule has 0 aromatic heterocycles. The zero-order valence-corrected chi connectivity index (χ0v) is 20.1. The van der Waals surface area contributed by atoms with Crippen molar-refractivity contribution in [2.75, 3.05) is 12.5 Å². The van der Waals surface area contributed by atoms with E-state index in [-0.39, 0.29) is 18.5 Å². The highest BCUT2D eigenvalue weighted by atomic mass is 19.4. The van der Waals surface area contributed by atoms with E-state index in [1.165, 1.54) is 19.2 Å². The number of nitrogens with zero attached hydrogens (tertiary/aromatic N) is 1. The minimum atomic E-state index is -4.45. The minimum Gasteiger partial charge on any atom is -0.469 e. The molecule has 4 nitrogen and oxygen atoms in total. The van der Waals surface area contributed by atoms with Gasteiger partial charge in [0.2, 0.25) is 0 Å². The van der Waals surface area contributed by atoms with E-state index < -0.39 is 17.7 Å². The lowest BCUT2D eigenvalue weighted by atomic mass is 9.98. The predicted molar refractivity (Wildman–Crippen MR) is 140 cm³/mol. The minimum absolute atomic E-state index is 0.0856. The molecule has 0 radical (unpaired) electrons. The van der Waals surface area contributed by atoms with Gasteiger partial charge in [0.25, 0.3) is 0 Å². The van der Waals surface area contributed by atoms with Crippen molar-refractivity contribution in [3.05, 3.63) is 114 Å². The van der Waals surface area contributed by atoms with Crippen LogP contribution in [0.4, 0.5) is 18.9 Å². The SMILES string of the molecule is COC(=O)CC/C(=N\Nc1cccc(C(F)(F)F)c1)c1ccc(-c2ccc(-c3ccccc3)cc2)cc1. The first-order valence-corrected chi connectivity index (χ1v) is 11.7. The van der Waals surface area contributed by atoms with Crippen LogP contribution in [0.1, 0.15) is 24.0 Å². The van der Waals surface area contributed by atoms with Crippen LogP contribution in [0.3, 0.4) is 0 Å². The van der Waals surface area contributed by atoms with Crippen LogP contribution < -0.4 is 5.43 Å². The van der Waals surface area contributed by atoms with Crippen LogP contribution in [0.5, 0.6) is 0 Å². The van der Waals surface area contributed by atoms with Gasteiger partial charge in [0.1, 0.15) is 0 Å². The maximum Gasteiger partial charge on any atom is 0.416 e. The average Bonchev–Trinajstić information content (AvgIpc) is 2.93. The van der Waals surface area contributed by atoms with Crippen LogP contribution in [0.15, 0.2) is 108 Å². The lowest BCUT2D eigenvalue weighted by Crippen LogP contribution is -2.10. The monoisotopic (exact) mass is 502 g/mol. The molecule has 0 fully saturated rings. The first kappa shape index (κ1) is 25.7. The van der Waals surface area contributed by atoms with Gasteiger partial charge >= 0.3 is 12.1 Å². The van der Waals surface area contributed by atoms with E-state index in [1.807, 2.05) is 42.5 Å². The predicted octanol–water partition coefficient (Wildman–Crippen LogP) is 7.81. The summed E-state index contributed by atoms with van der Waals surface area (Å²) in [7, 11) is 1.30. The summed E-state index contributed by atoms with van der Waals surface area (Å²) in [5.74, 6) is -0.401. The molecule has 0 aliphatic rings. The third kappa shape index (κ3) is 6.85. The summed E-state index contributed by atoms with van der Waals surface area (Å²) >= 11 is 0. The number of benzene rings is 4. The molecule has 0 unspecified atom stereocenters. The largest absolute Gasteiger partial charge is 0.469 e. The summed E-state index contributed by atoms with van der Waals surface area (Å²) in [5.41, 5.74) is 7.70. The lowest BCUT2D eigenvalue weighted by Gasteiger charge is -2.11. The molecule has 4 aromatic rings. The third-order valence-electron chi connectivity index (χ3n) is 5.85. The smallest absolute Gasteiger partial charge is 0.416 e. The molecule has 0 saturated heterocycles. The highest BCUT2D eigenvalue weighted by Crippen LogP contribution is 2.31. The van der Waals surface area contributed by atoms with E-state index in [0.717, 1.165) is 39.9 Å². The van der Waals surface area contributed by atoms with Gasteiger partial charge in [-0.15, -0.1) is 0 Å². The van der Waals surface area contributed by atoms with Crippen LogP contribution in [-0.2, 0) is 15.7 Å². The first-order chi connectivity index (χ1) is 17.8. The van der Waals surface area contributed by atoms with Crippen molar-refractivity contribution in [2.24, 2.45) is 5.10 Å². The molecule has 4 rings (SSSR count). The number of carbonyl (C=O) groups is 1. The van der Waals surface area contributed by atoms with Gasteiger partial charge in [-0.25, -0.2) is 0 Å². The Labute approximate surface area is 213 Å². The summed E-state index contributed by atoms with van der Waals surface area (Å²) in [6.45, 7) is 0. The number of ether oxygens (including phenoxy) is 1. The molecular weight excluding hydrogens is 477 g/mol. The topological polar surface area (TPSA) is 50.7 Å². The van der Waals surface area contributed by atoms with Crippen LogP contribution in [-0.4, -0.2) is 18.8 Å². The summed E-state index contributed by atoms with van der Waals surface area (Å²) in [6, 6.07) is 30.8. The van der Waals surface area contributed by atoms with Crippen LogP contribution in [0, 0.1) is 0 Å². The van der Waals surface area contributed by atoms with Crippen LogP contribution in [0.2, 0.25) is 0 Å². The Morgan fingerprint density at radius 2 is 1.32 bits per heavy atom. The number of hydrazone groups is 1. The maximum atomic E-state index is 13.1. The highest BCUT2D eigenvalue weighted by Gasteiger charge is 2.30.